The van der Waals surface area contributed by atoms with Crippen LogP contribution in [0.1, 0.15) is 35.6 Å². The van der Waals surface area contributed by atoms with Gasteiger partial charge in [-0.2, -0.15) is 10.1 Å². The molecule has 0 fully saturated rings. The van der Waals surface area contributed by atoms with Crippen molar-refractivity contribution >= 4 is 51.7 Å². The molecule has 7 nitrogen and oxygen atoms in total. The SMILES string of the molecule is COc1ccc([C@H]2CC(c3ccc(Cl)cc3)=NN2C2=NC(=O)[C@H](CC(=O)Nc3ccc(C)cc3)S2)cc1. The number of benzene rings is 3. The standard InChI is InChI=1S/C28H25ClN4O3S/c1-17-3-11-21(12-4-17)30-26(34)16-25-27(35)31-28(37-25)33-24(19-7-13-22(36-2)14-8-19)15-23(32-33)18-5-9-20(29)10-6-18/h3-14,24-25H,15-16H2,1-2H3,(H,30,34)/t24-,25+/m1/s1. The van der Waals surface area contributed by atoms with Gasteiger partial charge in [-0.1, -0.05) is 65.3 Å². The van der Waals surface area contributed by atoms with Gasteiger partial charge in [0.25, 0.3) is 5.91 Å². The summed E-state index contributed by atoms with van der Waals surface area (Å²) in [6, 6.07) is 22.7. The van der Waals surface area contributed by atoms with Crippen molar-refractivity contribution in [3.05, 3.63) is 94.5 Å². The lowest BCUT2D eigenvalue weighted by Crippen LogP contribution is -2.25. The maximum Gasteiger partial charge on any atom is 0.262 e. The van der Waals surface area contributed by atoms with Crippen LogP contribution in [0.5, 0.6) is 5.75 Å². The lowest BCUT2D eigenvalue weighted by atomic mass is 9.98. The fourth-order valence-electron chi connectivity index (χ4n) is 4.21. The summed E-state index contributed by atoms with van der Waals surface area (Å²) in [5, 5.41) is 10.1. The Bertz CT molecular complexity index is 1370. The van der Waals surface area contributed by atoms with Crippen molar-refractivity contribution in [2.24, 2.45) is 10.1 Å². The molecule has 0 aromatic heterocycles. The lowest BCUT2D eigenvalue weighted by molar-refractivity contribution is -0.121. The number of nitrogens with zero attached hydrogens (tertiary/aromatic N) is 3. The summed E-state index contributed by atoms with van der Waals surface area (Å²) in [6.45, 7) is 1.98. The minimum atomic E-state index is -0.605. The second-order valence-electron chi connectivity index (χ2n) is 8.85. The zero-order valence-electron chi connectivity index (χ0n) is 20.3. The highest BCUT2D eigenvalue weighted by Crippen LogP contribution is 2.39. The normalized spacial score (nSPS) is 19.0. The Kier molecular flexibility index (Phi) is 7.30. The molecular formula is C28H25ClN4O3S. The van der Waals surface area contributed by atoms with E-state index in [2.05, 4.69) is 10.3 Å². The van der Waals surface area contributed by atoms with Crippen LogP contribution >= 0.6 is 23.4 Å². The summed E-state index contributed by atoms with van der Waals surface area (Å²) in [5.41, 5.74) is 4.64. The number of carbonyl (C=O) groups excluding carboxylic acids is 2. The first-order valence-corrected chi connectivity index (χ1v) is 13.1. The molecule has 188 valence electrons. The number of anilines is 1. The average Bonchev–Trinajstić information content (AvgIpc) is 3.50. The molecule has 0 spiro atoms. The molecule has 2 atom stereocenters. The molecule has 3 aromatic rings. The second-order valence-corrected chi connectivity index (χ2v) is 10.5. The topological polar surface area (TPSA) is 83.4 Å². The monoisotopic (exact) mass is 532 g/mol. The van der Waals surface area contributed by atoms with Gasteiger partial charge < -0.3 is 10.1 Å². The molecule has 2 aliphatic heterocycles. The van der Waals surface area contributed by atoms with Crippen molar-refractivity contribution < 1.29 is 14.3 Å². The Labute approximate surface area is 224 Å². The van der Waals surface area contributed by atoms with Crippen LogP contribution in [0.3, 0.4) is 0 Å². The van der Waals surface area contributed by atoms with E-state index < -0.39 is 5.25 Å². The average molecular weight is 533 g/mol. The van der Waals surface area contributed by atoms with Crippen LogP contribution in [0.15, 0.2) is 82.9 Å². The fraction of sp³-hybridized carbons (Fsp3) is 0.214. The molecule has 0 radical (unpaired) electrons. The number of rotatable bonds is 6. The molecule has 0 saturated heterocycles. The number of hydrogen-bond acceptors (Lipinski definition) is 6. The maximum atomic E-state index is 12.8. The largest absolute Gasteiger partial charge is 0.497 e. The third-order valence-corrected chi connectivity index (χ3v) is 7.61. The number of aliphatic imine (C=N–C) groups is 1. The third-order valence-electron chi connectivity index (χ3n) is 6.22. The van der Waals surface area contributed by atoms with E-state index in [1.54, 1.807) is 12.1 Å². The van der Waals surface area contributed by atoms with Gasteiger partial charge in [0.2, 0.25) is 5.91 Å². The van der Waals surface area contributed by atoms with E-state index in [4.69, 9.17) is 21.4 Å². The fourth-order valence-corrected chi connectivity index (χ4v) is 5.40. The minimum Gasteiger partial charge on any atom is -0.497 e. The Hall–Kier alpha value is -3.62. The second kappa shape index (κ2) is 10.8. The molecule has 0 bridgehead atoms. The van der Waals surface area contributed by atoms with Crippen molar-refractivity contribution in [3.8, 4) is 5.75 Å². The van der Waals surface area contributed by atoms with Gasteiger partial charge in [-0.15, -0.1) is 0 Å². The van der Waals surface area contributed by atoms with Crippen molar-refractivity contribution in [1.29, 1.82) is 0 Å². The van der Waals surface area contributed by atoms with Gasteiger partial charge in [0.15, 0.2) is 5.17 Å². The number of hydrazone groups is 1. The number of amidine groups is 1. The molecule has 2 aliphatic rings. The van der Waals surface area contributed by atoms with Gasteiger partial charge in [0, 0.05) is 23.6 Å². The summed E-state index contributed by atoms with van der Waals surface area (Å²) in [5.74, 6) is 0.196. The number of ether oxygens (including phenoxy) is 1. The molecule has 2 heterocycles. The van der Waals surface area contributed by atoms with Crippen LogP contribution in [-0.4, -0.2) is 40.1 Å². The number of nitrogens with one attached hydrogen (secondary N) is 1. The van der Waals surface area contributed by atoms with E-state index >= 15 is 0 Å². The lowest BCUT2D eigenvalue weighted by Gasteiger charge is -2.23. The molecule has 9 heteroatoms. The summed E-state index contributed by atoms with van der Waals surface area (Å²) in [7, 11) is 1.63. The zero-order valence-corrected chi connectivity index (χ0v) is 21.9. The number of methoxy groups -OCH3 is 1. The van der Waals surface area contributed by atoms with Gasteiger partial charge in [-0.3, -0.25) is 9.59 Å². The first kappa shape index (κ1) is 25.0. The first-order valence-electron chi connectivity index (χ1n) is 11.8. The molecule has 0 aliphatic carbocycles. The van der Waals surface area contributed by atoms with Crippen LogP contribution < -0.4 is 10.1 Å². The maximum absolute atomic E-state index is 12.8. The quantitative estimate of drug-likeness (QED) is 0.431. The molecule has 1 N–H and O–H groups in total. The van der Waals surface area contributed by atoms with Gasteiger partial charge in [0.1, 0.15) is 11.0 Å². The summed E-state index contributed by atoms with van der Waals surface area (Å²) < 4.78 is 5.31. The van der Waals surface area contributed by atoms with Crippen molar-refractivity contribution in [3.63, 3.8) is 0 Å². The predicted octanol–water partition coefficient (Wildman–Crippen LogP) is 5.83. The molecular weight excluding hydrogens is 508 g/mol. The van der Waals surface area contributed by atoms with E-state index in [9.17, 15) is 9.59 Å². The Morgan fingerprint density at radius 3 is 2.46 bits per heavy atom. The molecule has 3 aromatic carbocycles. The van der Waals surface area contributed by atoms with E-state index in [1.807, 2.05) is 79.7 Å². The number of thioether (sulfide) groups is 1. The van der Waals surface area contributed by atoms with Gasteiger partial charge >= 0.3 is 0 Å². The van der Waals surface area contributed by atoms with Crippen molar-refractivity contribution in [2.45, 2.75) is 31.1 Å². The summed E-state index contributed by atoms with van der Waals surface area (Å²) >= 11 is 7.36. The van der Waals surface area contributed by atoms with Crippen LogP contribution in [0.25, 0.3) is 0 Å². The molecule has 0 unspecified atom stereocenters. The van der Waals surface area contributed by atoms with Gasteiger partial charge in [0.05, 0.1) is 18.9 Å². The number of amides is 2. The number of aryl methyl sites for hydroxylation is 1. The Balaban J connectivity index is 1.35. The zero-order chi connectivity index (χ0) is 25.9. The van der Waals surface area contributed by atoms with E-state index in [1.165, 1.54) is 11.8 Å². The summed E-state index contributed by atoms with van der Waals surface area (Å²) in [4.78, 5) is 29.8. The van der Waals surface area contributed by atoms with Crippen LogP contribution in [-0.2, 0) is 9.59 Å². The van der Waals surface area contributed by atoms with Crippen LogP contribution in [0.4, 0.5) is 5.69 Å². The highest BCUT2D eigenvalue weighted by Gasteiger charge is 2.39. The smallest absolute Gasteiger partial charge is 0.262 e. The number of halogens is 1. The Morgan fingerprint density at radius 2 is 1.78 bits per heavy atom. The van der Waals surface area contributed by atoms with E-state index in [0.29, 0.717) is 22.3 Å². The van der Waals surface area contributed by atoms with Crippen LogP contribution in [0, 0.1) is 6.92 Å². The number of carbonyl (C=O) groups is 2. The number of hydrogen-bond donors (Lipinski definition) is 1. The van der Waals surface area contributed by atoms with Gasteiger partial charge in [-0.05, 0) is 54.4 Å². The highest BCUT2D eigenvalue weighted by molar-refractivity contribution is 8.15. The third kappa shape index (κ3) is 5.70. The van der Waals surface area contributed by atoms with Crippen molar-refractivity contribution in [2.75, 3.05) is 12.4 Å². The highest BCUT2D eigenvalue weighted by atomic mass is 35.5. The molecule has 2 amide bonds. The Morgan fingerprint density at radius 1 is 1.08 bits per heavy atom. The molecule has 0 saturated carbocycles. The van der Waals surface area contributed by atoms with Crippen LogP contribution in [0.2, 0.25) is 5.02 Å². The summed E-state index contributed by atoms with van der Waals surface area (Å²) in [6.07, 6.45) is 0.652. The predicted molar refractivity (Wildman–Crippen MR) is 148 cm³/mol. The van der Waals surface area contributed by atoms with E-state index in [0.717, 1.165) is 28.2 Å². The van der Waals surface area contributed by atoms with Crippen molar-refractivity contribution in [1.82, 2.24) is 5.01 Å². The van der Waals surface area contributed by atoms with Gasteiger partial charge in [-0.25, -0.2) is 5.01 Å². The first-order chi connectivity index (χ1) is 17.9. The van der Waals surface area contributed by atoms with E-state index in [-0.39, 0.29) is 24.3 Å². The molecule has 37 heavy (non-hydrogen) atoms. The molecule has 5 rings (SSSR count). The minimum absolute atomic E-state index is 0.0270.